The summed E-state index contributed by atoms with van der Waals surface area (Å²) in [7, 11) is 0. The molecule has 1 aromatic heterocycles. The maximum atomic E-state index is 13.2. The van der Waals surface area contributed by atoms with E-state index in [2.05, 4.69) is 41.8 Å². The number of nitrogens with one attached hydrogen (secondary N) is 6. The van der Waals surface area contributed by atoms with E-state index in [-0.39, 0.29) is 46.8 Å². The van der Waals surface area contributed by atoms with Crippen molar-refractivity contribution in [2.45, 2.75) is 5.92 Å². The van der Waals surface area contributed by atoms with Crippen LogP contribution in [0.3, 0.4) is 0 Å². The highest BCUT2D eigenvalue weighted by Gasteiger charge is 2.32. The fraction of sp³-hybridized carbons (Fsp3) is 0.207. The Morgan fingerprint density at radius 2 is 1.68 bits per heavy atom. The van der Waals surface area contributed by atoms with Gasteiger partial charge in [0.15, 0.2) is 5.96 Å². The summed E-state index contributed by atoms with van der Waals surface area (Å²) in [6.45, 7) is -1.32. The Bertz CT molecular complexity index is 1740. The predicted octanol–water partition coefficient (Wildman–Crippen LogP) is 3.82. The smallest absolute Gasteiger partial charge is 0.284 e. The number of H-pyrrole nitrogens is 1. The number of fused-ring (bicyclic) bond motifs is 1. The monoisotopic (exact) mass is 642 g/mol. The van der Waals surface area contributed by atoms with E-state index in [0.29, 0.717) is 5.69 Å². The minimum absolute atomic E-state index is 0.0843. The highest BCUT2D eigenvalue weighted by atomic mass is 35.5. The molecule has 2 heterocycles. The number of nitrogens with zero attached hydrogens (tertiary/aromatic N) is 2. The van der Waals surface area contributed by atoms with Crippen LogP contribution < -0.4 is 26.6 Å². The van der Waals surface area contributed by atoms with Crippen molar-refractivity contribution < 1.29 is 23.2 Å². The van der Waals surface area contributed by atoms with E-state index in [9.17, 15) is 23.2 Å². The maximum Gasteiger partial charge on any atom is 0.284 e. The molecule has 0 aliphatic carbocycles. The number of hydrogen-bond acceptors (Lipinski definition) is 7. The van der Waals surface area contributed by atoms with Crippen LogP contribution >= 0.6 is 23.2 Å². The number of anilines is 1. The van der Waals surface area contributed by atoms with Crippen molar-refractivity contribution in [2.75, 3.05) is 38.0 Å². The molecule has 44 heavy (non-hydrogen) atoms. The third-order valence-electron chi connectivity index (χ3n) is 6.56. The van der Waals surface area contributed by atoms with Gasteiger partial charge in [0.2, 0.25) is 5.91 Å². The lowest BCUT2D eigenvalue weighted by atomic mass is 10.0. The summed E-state index contributed by atoms with van der Waals surface area (Å²) in [5.74, 6) is -4.23. The molecular weight excluding hydrogens is 617 g/mol. The number of aromatic nitrogens is 2. The Hall–Kier alpha value is -4.75. The van der Waals surface area contributed by atoms with Crippen LogP contribution in [0.4, 0.5) is 14.5 Å². The summed E-state index contributed by atoms with van der Waals surface area (Å²) >= 11 is 12.8. The van der Waals surface area contributed by atoms with Gasteiger partial charge < -0.3 is 26.6 Å². The van der Waals surface area contributed by atoms with Crippen molar-refractivity contribution >= 4 is 63.5 Å². The molecule has 6 N–H and O–H groups in total. The summed E-state index contributed by atoms with van der Waals surface area (Å²) in [4.78, 5) is 41.3. The predicted molar refractivity (Wildman–Crippen MR) is 165 cm³/mol. The molecule has 1 aliphatic rings. The molecule has 0 unspecified atom stereocenters. The number of alkyl halides is 2. The SMILES string of the molecule is O=C(CNC(=O)c1cccc(NC2=NCC(F)(F)CN2)c1)NCCNC(=O)c1c(Cl)cc(-c2ccc3cn[nH]c3c2)cc1Cl. The van der Waals surface area contributed by atoms with Crippen molar-refractivity contribution in [1.29, 1.82) is 0 Å². The van der Waals surface area contributed by atoms with Crippen LogP contribution in [-0.4, -0.2) is 72.5 Å². The number of aromatic amines is 1. The minimum Gasteiger partial charge on any atom is -0.353 e. The fourth-order valence-electron chi connectivity index (χ4n) is 4.34. The van der Waals surface area contributed by atoms with E-state index < -0.39 is 36.7 Å². The van der Waals surface area contributed by atoms with E-state index in [1.54, 1.807) is 36.5 Å². The number of hydrogen-bond donors (Lipinski definition) is 6. The molecule has 3 amide bonds. The molecule has 15 heteroatoms. The number of guanidine groups is 1. The van der Waals surface area contributed by atoms with Crippen molar-refractivity contribution in [2.24, 2.45) is 4.99 Å². The number of aliphatic imine (C=N–C) groups is 1. The third-order valence-corrected chi connectivity index (χ3v) is 7.15. The van der Waals surface area contributed by atoms with E-state index in [4.69, 9.17) is 23.2 Å². The van der Waals surface area contributed by atoms with Crippen LogP contribution in [-0.2, 0) is 4.79 Å². The molecule has 3 aromatic carbocycles. The topological polar surface area (TPSA) is 152 Å². The molecule has 0 saturated carbocycles. The number of halogens is 4. The van der Waals surface area contributed by atoms with Crippen molar-refractivity contribution in [3.8, 4) is 11.1 Å². The van der Waals surface area contributed by atoms with Crippen LogP contribution in [0.25, 0.3) is 22.0 Å². The molecule has 0 bridgehead atoms. The first-order valence-electron chi connectivity index (χ1n) is 13.4. The summed E-state index contributed by atoms with van der Waals surface area (Å²) in [5.41, 5.74) is 3.24. The largest absolute Gasteiger partial charge is 0.353 e. The third kappa shape index (κ3) is 7.60. The van der Waals surface area contributed by atoms with E-state index in [1.165, 1.54) is 6.07 Å². The minimum atomic E-state index is -2.91. The van der Waals surface area contributed by atoms with Gasteiger partial charge in [-0.3, -0.25) is 19.5 Å². The van der Waals surface area contributed by atoms with E-state index in [0.717, 1.165) is 22.0 Å². The van der Waals surface area contributed by atoms with Gasteiger partial charge in [-0.15, -0.1) is 0 Å². The summed E-state index contributed by atoms with van der Waals surface area (Å²) in [6.07, 6.45) is 1.72. The first kappa shape index (κ1) is 30.7. The van der Waals surface area contributed by atoms with Crippen LogP contribution in [0.2, 0.25) is 10.0 Å². The van der Waals surface area contributed by atoms with Gasteiger partial charge in [-0.25, -0.2) is 13.8 Å². The van der Waals surface area contributed by atoms with Gasteiger partial charge in [-0.1, -0.05) is 41.4 Å². The van der Waals surface area contributed by atoms with Gasteiger partial charge in [0.05, 0.1) is 40.4 Å². The molecule has 0 radical (unpaired) electrons. The second-order valence-electron chi connectivity index (χ2n) is 9.86. The van der Waals surface area contributed by atoms with Crippen molar-refractivity contribution in [3.63, 3.8) is 0 Å². The van der Waals surface area contributed by atoms with Gasteiger partial charge in [-0.2, -0.15) is 5.10 Å². The van der Waals surface area contributed by atoms with E-state index >= 15 is 0 Å². The number of benzene rings is 3. The second-order valence-corrected chi connectivity index (χ2v) is 10.7. The molecule has 0 fully saturated rings. The lowest BCUT2D eigenvalue weighted by molar-refractivity contribution is -0.120. The van der Waals surface area contributed by atoms with Gasteiger partial charge in [0.1, 0.15) is 6.54 Å². The zero-order valence-corrected chi connectivity index (χ0v) is 24.5. The molecule has 228 valence electrons. The molecule has 1 aliphatic heterocycles. The van der Waals surface area contributed by atoms with Gasteiger partial charge in [0, 0.05) is 29.7 Å². The average molecular weight is 643 g/mol. The van der Waals surface area contributed by atoms with Gasteiger partial charge in [0.25, 0.3) is 17.7 Å². The van der Waals surface area contributed by atoms with Crippen molar-refractivity contribution in [3.05, 3.63) is 82.0 Å². The number of carbonyl (C=O) groups is 3. The first-order chi connectivity index (χ1) is 21.1. The van der Waals surface area contributed by atoms with Crippen molar-refractivity contribution in [1.82, 2.24) is 31.5 Å². The number of rotatable bonds is 9. The molecular formula is C29H26Cl2F2N8O3. The molecule has 0 saturated heterocycles. The molecule has 5 rings (SSSR count). The summed E-state index contributed by atoms with van der Waals surface area (Å²) in [5, 5.41) is 21.3. The van der Waals surface area contributed by atoms with Crippen LogP contribution in [0, 0.1) is 0 Å². The normalized spacial score (nSPS) is 13.9. The first-order valence-corrected chi connectivity index (χ1v) is 14.1. The molecule has 0 spiro atoms. The Morgan fingerprint density at radius 3 is 2.43 bits per heavy atom. The highest BCUT2D eigenvalue weighted by molar-refractivity contribution is 6.40. The lowest BCUT2D eigenvalue weighted by Gasteiger charge is -2.23. The fourth-order valence-corrected chi connectivity index (χ4v) is 5.00. The quantitative estimate of drug-likeness (QED) is 0.153. The standard InChI is InChI=1S/C29H26Cl2F2N8O3/c30-21-9-19(16-4-5-18-12-39-41-23(18)11-16)10-22(31)25(21)27(44)35-7-6-34-24(42)13-36-26(43)17-2-1-3-20(8-17)40-28-37-14-29(32,33)15-38-28/h1-5,8-12H,6-7,13-15H2,(H,34,42)(H,35,44)(H,36,43)(H,39,41)(H2,37,38,40). The average Bonchev–Trinajstić information content (AvgIpc) is 3.47. The molecule has 4 aromatic rings. The van der Waals surface area contributed by atoms with Crippen LogP contribution in [0.5, 0.6) is 0 Å². The second kappa shape index (κ2) is 13.3. The number of amides is 3. The lowest BCUT2D eigenvalue weighted by Crippen LogP contribution is -2.46. The van der Waals surface area contributed by atoms with Crippen LogP contribution in [0.15, 0.2) is 65.8 Å². The van der Waals surface area contributed by atoms with E-state index in [1.807, 2.05) is 18.2 Å². The van der Waals surface area contributed by atoms with Gasteiger partial charge in [-0.05, 0) is 47.5 Å². The Balaban J connectivity index is 1.06. The zero-order valence-electron chi connectivity index (χ0n) is 22.9. The molecule has 0 atom stereocenters. The summed E-state index contributed by atoms with van der Waals surface area (Å²) < 4.78 is 26.5. The van der Waals surface area contributed by atoms with Gasteiger partial charge >= 0.3 is 0 Å². The summed E-state index contributed by atoms with van der Waals surface area (Å²) in [6, 6.07) is 15.3. The highest BCUT2D eigenvalue weighted by Crippen LogP contribution is 2.33. The molecule has 11 nitrogen and oxygen atoms in total. The number of carbonyl (C=O) groups excluding carboxylic acids is 3. The maximum absolute atomic E-state index is 13.2. The Morgan fingerprint density at radius 1 is 0.909 bits per heavy atom. The Labute approximate surface area is 259 Å². The Kier molecular flexibility index (Phi) is 9.26. The van der Waals surface area contributed by atoms with Crippen LogP contribution in [0.1, 0.15) is 20.7 Å². The zero-order chi connectivity index (χ0) is 31.3.